The number of allylic oxidation sites excluding steroid dienone is 1. The molecule has 0 saturated carbocycles. The van der Waals surface area contributed by atoms with Crippen molar-refractivity contribution in [3.63, 3.8) is 0 Å². The van der Waals surface area contributed by atoms with Crippen LogP contribution in [0.3, 0.4) is 0 Å². The minimum atomic E-state index is -0.0801. The van der Waals surface area contributed by atoms with E-state index in [0.717, 1.165) is 33.7 Å². The zero-order chi connectivity index (χ0) is 15.5. The van der Waals surface area contributed by atoms with Gasteiger partial charge in [-0.1, -0.05) is 54.6 Å². The van der Waals surface area contributed by atoms with E-state index in [0.29, 0.717) is 0 Å². The predicted molar refractivity (Wildman–Crippen MR) is 91.5 cm³/mol. The number of nitrogens with one attached hydrogen (secondary N) is 1. The minimum absolute atomic E-state index is 0.0801. The van der Waals surface area contributed by atoms with Gasteiger partial charge in [-0.3, -0.25) is 9.79 Å². The molecule has 3 nitrogen and oxygen atoms in total. The summed E-state index contributed by atoms with van der Waals surface area (Å²) in [6.45, 7) is 4.17. The molecule has 0 bridgehead atoms. The number of fused-ring (bicyclic) bond motifs is 1. The maximum Gasteiger partial charge on any atom is 0.246 e. The third kappa shape index (κ3) is 2.58. The van der Waals surface area contributed by atoms with Crippen molar-refractivity contribution in [2.24, 2.45) is 4.99 Å². The van der Waals surface area contributed by atoms with Crippen molar-refractivity contribution < 1.29 is 4.79 Å². The number of amides is 1. The average Bonchev–Trinajstić information content (AvgIpc) is 2.70. The lowest BCUT2D eigenvalue weighted by Crippen LogP contribution is -2.14. The van der Waals surface area contributed by atoms with E-state index in [9.17, 15) is 4.79 Å². The van der Waals surface area contributed by atoms with Crippen molar-refractivity contribution >= 4 is 23.4 Å². The molecule has 0 spiro atoms. The highest BCUT2D eigenvalue weighted by Gasteiger charge is 2.20. The Kier molecular flexibility index (Phi) is 3.88. The molecule has 1 heterocycles. The Morgan fingerprint density at radius 3 is 2.64 bits per heavy atom. The van der Waals surface area contributed by atoms with Gasteiger partial charge in [-0.2, -0.15) is 0 Å². The molecule has 0 radical (unpaired) electrons. The maximum absolute atomic E-state index is 12.0. The zero-order valence-electron chi connectivity index (χ0n) is 12.8. The second-order valence-electron chi connectivity index (χ2n) is 5.30. The number of benzodiazepines with no additional fused rings is 1. The molecule has 0 aliphatic carbocycles. The molecule has 1 aliphatic rings. The quantitative estimate of drug-likeness (QED) is 0.897. The molecule has 0 saturated heterocycles. The Bertz CT molecular complexity index is 774. The van der Waals surface area contributed by atoms with Crippen LogP contribution in [-0.2, 0) is 4.79 Å². The molecule has 0 atom stereocenters. The molecule has 1 aliphatic heterocycles. The van der Waals surface area contributed by atoms with Crippen LogP contribution in [0.1, 0.15) is 29.2 Å². The third-order valence-electron chi connectivity index (χ3n) is 3.74. The number of hydrogen-bond donors (Lipinski definition) is 1. The van der Waals surface area contributed by atoms with Gasteiger partial charge in [0.1, 0.15) is 6.54 Å². The SMILES string of the molecule is C/C=C\c1c(C)ccc2c1NC(=O)CN=C2c1ccccc1. The van der Waals surface area contributed by atoms with Crippen LogP contribution in [0, 0.1) is 6.92 Å². The number of hydrogen-bond acceptors (Lipinski definition) is 2. The Hall–Kier alpha value is -2.68. The first kappa shape index (κ1) is 14.3. The summed E-state index contributed by atoms with van der Waals surface area (Å²) in [6, 6.07) is 14.1. The molecule has 1 N–H and O–H groups in total. The highest BCUT2D eigenvalue weighted by Crippen LogP contribution is 2.30. The van der Waals surface area contributed by atoms with Crippen molar-refractivity contribution in [2.45, 2.75) is 13.8 Å². The standard InChI is InChI=1S/C19H18N2O/c1-3-7-15-13(2)10-11-16-18(14-8-5-4-6-9-14)20-12-17(22)21-19(15)16/h3-11H,12H2,1-2H3,(H,21,22)/b7-3-. The highest BCUT2D eigenvalue weighted by molar-refractivity contribution is 6.20. The van der Waals surface area contributed by atoms with Gasteiger partial charge in [-0.15, -0.1) is 0 Å². The molecule has 1 amide bonds. The van der Waals surface area contributed by atoms with Gasteiger partial charge in [0.2, 0.25) is 5.91 Å². The molecule has 3 rings (SSSR count). The molecule has 3 heteroatoms. The van der Waals surface area contributed by atoms with Crippen LogP contribution in [0.15, 0.2) is 53.5 Å². The summed E-state index contributed by atoms with van der Waals surface area (Å²) >= 11 is 0. The van der Waals surface area contributed by atoms with E-state index >= 15 is 0 Å². The summed E-state index contributed by atoms with van der Waals surface area (Å²) < 4.78 is 0. The van der Waals surface area contributed by atoms with E-state index in [1.165, 1.54) is 0 Å². The smallest absolute Gasteiger partial charge is 0.246 e. The molecule has 2 aromatic carbocycles. The predicted octanol–water partition coefficient (Wildman–Crippen LogP) is 3.82. The Balaban J connectivity index is 2.25. The summed E-state index contributed by atoms with van der Waals surface area (Å²) in [5.41, 5.74) is 5.87. The summed E-state index contributed by atoms with van der Waals surface area (Å²) in [4.78, 5) is 16.6. The fourth-order valence-corrected chi connectivity index (χ4v) is 2.69. The number of aryl methyl sites for hydroxylation is 1. The number of rotatable bonds is 2. The lowest BCUT2D eigenvalue weighted by atomic mass is 9.95. The summed E-state index contributed by atoms with van der Waals surface area (Å²) in [7, 11) is 0. The largest absolute Gasteiger partial charge is 0.323 e. The van der Waals surface area contributed by atoms with Gasteiger partial charge in [0, 0.05) is 16.7 Å². The second kappa shape index (κ2) is 5.98. The van der Waals surface area contributed by atoms with Crippen LogP contribution in [-0.4, -0.2) is 18.2 Å². The molecule has 0 aromatic heterocycles. The number of carbonyl (C=O) groups is 1. The molecule has 2 aromatic rings. The Morgan fingerprint density at radius 1 is 1.14 bits per heavy atom. The first-order chi connectivity index (χ1) is 10.7. The van der Waals surface area contributed by atoms with Crippen LogP contribution in [0.5, 0.6) is 0 Å². The third-order valence-corrected chi connectivity index (χ3v) is 3.74. The van der Waals surface area contributed by atoms with E-state index in [4.69, 9.17) is 0 Å². The van der Waals surface area contributed by atoms with Crippen LogP contribution >= 0.6 is 0 Å². The maximum atomic E-state index is 12.0. The van der Waals surface area contributed by atoms with Crippen LogP contribution in [0.4, 0.5) is 5.69 Å². The van der Waals surface area contributed by atoms with Gasteiger partial charge in [-0.25, -0.2) is 0 Å². The zero-order valence-corrected chi connectivity index (χ0v) is 12.8. The van der Waals surface area contributed by atoms with Gasteiger partial charge < -0.3 is 5.32 Å². The summed E-state index contributed by atoms with van der Waals surface area (Å²) in [5.74, 6) is -0.0801. The highest BCUT2D eigenvalue weighted by atomic mass is 16.1. The number of benzene rings is 2. The molecule has 0 unspecified atom stereocenters. The summed E-state index contributed by atoms with van der Waals surface area (Å²) in [6.07, 6.45) is 4.02. The molecular formula is C19H18N2O. The van der Waals surface area contributed by atoms with E-state index in [2.05, 4.69) is 16.4 Å². The van der Waals surface area contributed by atoms with Gasteiger partial charge >= 0.3 is 0 Å². The number of anilines is 1. The van der Waals surface area contributed by atoms with E-state index < -0.39 is 0 Å². The first-order valence-corrected chi connectivity index (χ1v) is 7.37. The number of aliphatic imine (C=N–C) groups is 1. The van der Waals surface area contributed by atoms with Gasteiger partial charge in [0.05, 0.1) is 11.4 Å². The van der Waals surface area contributed by atoms with Gasteiger partial charge in [-0.05, 0) is 19.4 Å². The normalized spacial score (nSPS) is 14.3. The topological polar surface area (TPSA) is 41.5 Å². The molecular weight excluding hydrogens is 272 g/mol. The van der Waals surface area contributed by atoms with Crippen LogP contribution < -0.4 is 5.32 Å². The van der Waals surface area contributed by atoms with Gasteiger partial charge in [0.25, 0.3) is 0 Å². The van der Waals surface area contributed by atoms with E-state index in [-0.39, 0.29) is 12.5 Å². The van der Waals surface area contributed by atoms with Crippen molar-refractivity contribution in [3.8, 4) is 0 Å². The monoisotopic (exact) mass is 290 g/mol. The Labute approximate surface area is 130 Å². The van der Waals surface area contributed by atoms with E-state index in [1.54, 1.807) is 0 Å². The molecule has 0 fully saturated rings. The molecule has 22 heavy (non-hydrogen) atoms. The molecule has 110 valence electrons. The van der Waals surface area contributed by atoms with Crippen molar-refractivity contribution in [1.29, 1.82) is 0 Å². The fraction of sp³-hybridized carbons (Fsp3) is 0.158. The van der Waals surface area contributed by atoms with Crippen LogP contribution in [0.2, 0.25) is 0 Å². The van der Waals surface area contributed by atoms with Crippen LogP contribution in [0.25, 0.3) is 6.08 Å². The van der Waals surface area contributed by atoms with Crippen molar-refractivity contribution in [3.05, 3.63) is 70.8 Å². The first-order valence-electron chi connectivity index (χ1n) is 7.37. The van der Waals surface area contributed by atoms with E-state index in [1.807, 2.05) is 62.4 Å². The Morgan fingerprint density at radius 2 is 1.91 bits per heavy atom. The second-order valence-corrected chi connectivity index (χ2v) is 5.30. The fourth-order valence-electron chi connectivity index (χ4n) is 2.69. The minimum Gasteiger partial charge on any atom is -0.323 e. The number of nitrogens with zero attached hydrogens (tertiary/aromatic N) is 1. The lowest BCUT2D eigenvalue weighted by Gasteiger charge is -2.15. The van der Waals surface area contributed by atoms with Crippen molar-refractivity contribution in [1.82, 2.24) is 0 Å². The van der Waals surface area contributed by atoms with Crippen molar-refractivity contribution in [2.75, 3.05) is 11.9 Å². The lowest BCUT2D eigenvalue weighted by molar-refractivity contribution is -0.114. The average molecular weight is 290 g/mol. The number of carbonyl (C=O) groups excluding carboxylic acids is 1. The summed E-state index contributed by atoms with van der Waals surface area (Å²) in [5, 5.41) is 3.01. The van der Waals surface area contributed by atoms with Gasteiger partial charge in [0.15, 0.2) is 0 Å².